The van der Waals surface area contributed by atoms with Crippen LogP contribution in [0.4, 0.5) is 5.69 Å². The van der Waals surface area contributed by atoms with Gasteiger partial charge in [0.2, 0.25) is 11.7 Å². The van der Waals surface area contributed by atoms with Gasteiger partial charge in [-0.2, -0.15) is 0 Å². The number of thiazole rings is 1. The van der Waals surface area contributed by atoms with Crippen LogP contribution in [0.3, 0.4) is 0 Å². The molecule has 14 heteroatoms. The maximum absolute atomic E-state index is 13.6. The second-order valence-corrected chi connectivity index (χ2v) is 11.3. The van der Waals surface area contributed by atoms with Crippen LogP contribution in [0.1, 0.15) is 51.0 Å². The maximum atomic E-state index is 13.6. The predicted molar refractivity (Wildman–Crippen MR) is 151 cm³/mol. The van der Waals surface area contributed by atoms with Crippen LogP contribution < -0.4 is 0 Å². The number of benzene rings is 1. The standard InChI is InChI=1S/C29H23N5O8S/c1-14-21(19-11-32-20(12-35)31-23(28(32)43-19)26(37)17-4-3-9-30-10-17)25(33-24(14)22(15(2)36)27(33)38)29(39)42-13-16-5-7-18(8-6-16)34(40)41/h3-12,14-15,22,24,36H,13H2,1-2H3/t14-,15+,22+,24+/m0/s1. The Kier molecular flexibility index (Phi) is 6.94. The molecular formula is C29H23N5O8S. The molecule has 6 rings (SSSR count). The van der Waals surface area contributed by atoms with Gasteiger partial charge in [-0.3, -0.25) is 33.9 Å². The third-order valence-electron chi connectivity index (χ3n) is 7.74. The molecule has 13 nitrogen and oxygen atoms in total. The lowest BCUT2D eigenvalue weighted by atomic mass is 9.77. The van der Waals surface area contributed by atoms with Crippen molar-refractivity contribution in [3.05, 3.63) is 98.3 Å². The van der Waals surface area contributed by atoms with Gasteiger partial charge in [-0.15, -0.1) is 11.3 Å². The van der Waals surface area contributed by atoms with E-state index in [1.54, 1.807) is 18.3 Å². The highest BCUT2D eigenvalue weighted by molar-refractivity contribution is 7.18. The Balaban J connectivity index is 1.41. The van der Waals surface area contributed by atoms with Crippen molar-refractivity contribution in [1.82, 2.24) is 19.3 Å². The van der Waals surface area contributed by atoms with Crippen molar-refractivity contribution in [1.29, 1.82) is 0 Å². The second kappa shape index (κ2) is 10.6. The summed E-state index contributed by atoms with van der Waals surface area (Å²) in [5, 5.41) is 21.3. The average Bonchev–Trinajstić information content (AvgIpc) is 3.64. The number of ether oxygens (including phenoxy) is 1. The molecule has 1 N–H and O–H groups in total. The first-order chi connectivity index (χ1) is 20.6. The summed E-state index contributed by atoms with van der Waals surface area (Å²) in [6, 6.07) is 8.22. The second-order valence-electron chi connectivity index (χ2n) is 10.3. The lowest BCUT2D eigenvalue weighted by Crippen LogP contribution is -2.63. The van der Waals surface area contributed by atoms with Crippen molar-refractivity contribution in [2.24, 2.45) is 11.8 Å². The van der Waals surface area contributed by atoms with E-state index in [0.29, 0.717) is 27.1 Å². The minimum atomic E-state index is -0.957. The smallest absolute Gasteiger partial charge is 0.355 e. The number of imidazole rings is 1. The number of carbonyl (C=O) groups is 4. The number of nitrogens with zero attached hydrogens (tertiary/aromatic N) is 5. The Hall–Kier alpha value is -5.08. The number of rotatable bonds is 9. The van der Waals surface area contributed by atoms with Crippen LogP contribution in [0.5, 0.6) is 0 Å². The molecular weight excluding hydrogens is 578 g/mol. The predicted octanol–water partition coefficient (Wildman–Crippen LogP) is 3.05. The van der Waals surface area contributed by atoms with Crippen LogP contribution in [0.15, 0.2) is 60.7 Å². The number of fused-ring (bicyclic) bond motifs is 2. The number of non-ortho nitro benzene ring substituents is 1. The number of nitro benzene ring substituents is 1. The molecule has 0 bridgehead atoms. The van der Waals surface area contributed by atoms with E-state index >= 15 is 0 Å². The van der Waals surface area contributed by atoms with E-state index in [1.165, 1.54) is 52.9 Å². The van der Waals surface area contributed by atoms with Crippen molar-refractivity contribution < 1.29 is 33.9 Å². The molecule has 1 saturated heterocycles. The normalized spacial score (nSPS) is 20.1. The lowest BCUT2D eigenvalue weighted by molar-refractivity contribution is -0.384. The Labute approximate surface area is 247 Å². The number of esters is 1. The SMILES string of the molecule is C[C@@H](O)[C@H]1C(=O)N2C(C(=O)OCc3ccc([N+](=O)[O-])cc3)=C(c3cn4c(C=O)nc(C(=O)c5cccnc5)c4s3)[C@H](C)[C@H]12. The van der Waals surface area contributed by atoms with Crippen molar-refractivity contribution in [3.63, 3.8) is 0 Å². The van der Waals surface area contributed by atoms with Gasteiger partial charge in [0, 0.05) is 47.8 Å². The molecule has 4 atom stereocenters. The number of aliphatic hydroxyl groups is 1. The summed E-state index contributed by atoms with van der Waals surface area (Å²) in [7, 11) is 0. The summed E-state index contributed by atoms with van der Waals surface area (Å²) in [4.78, 5) is 72.8. The highest BCUT2D eigenvalue weighted by Gasteiger charge is 2.60. The van der Waals surface area contributed by atoms with Gasteiger partial charge in [0.25, 0.3) is 5.69 Å². The summed E-state index contributed by atoms with van der Waals surface area (Å²) in [6.45, 7) is 3.15. The molecule has 2 aliphatic heterocycles. The van der Waals surface area contributed by atoms with Gasteiger partial charge < -0.3 is 14.7 Å². The zero-order valence-electron chi connectivity index (χ0n) is 22.7. The highest BCUT2D eigenvalue weighted by atomic mass is 32.1. The van der Waals surface area contributed by atoms with Crippen LogP contribution in [0, 0.1) is 22.0 Å². The third kappa shape index (κ3) is 4.51. The fraction of sp³-hybridized carbons (Fsp3) is 0.241. The molecule has 218 valence electrons. The number of aliphatic hydroxyl groups excluding tert-OH is 1. The molecule has 5 heterocycles. The molecule has 0 aliphatic carbocycles. The molecule has 0 saturated carbocycles. The molecule has 0 spiro atoms. The minimum absolute atomic E-state index is 0.00608. The number of hydrogen-bond donors (Lipinski definition) is 1. The summed E-state index contributed by atoms with van der Waals surface area (Å²) in [5.74, 6) is -2.80. The van der Waals surface area contributed by atoms with Crippen molar-refractivity contribution in [2.75, 3.05) is 0 Å². The number of aldehydes is 1. The number of hydrogen-bond acceptors (Lipinski definition) is 11. The van der Waals surface area contributed by atoms with E-state index in [9.17, 15) is 34.4 Å². The van der Waals surface area contributed by atoms with Crippen molar-refractivity contribution in [2.45, 2.75) is 32.6 Å². The lowest BCUT2D eigenvalue weighted by Gasteiger charge is -2.46. The first-order valence-electron chi connectivity index (χ1n) is 13.2. The fourth-order valence-corrected chi connectivity index (χ4v) is 6.95. The quantitative estimate of drug-likeness (QED) is 0.0750. The van der Waals surface area contributed by atoms with Crippen LogP contribution in [-0.4, -0.2) is 65.4 Å². The summed E-state index contributed by atoms with van der Waals surface area (Å²) < 4.78 is 7.05. The average molecular weight is 602 g/mol. The maximum Gasteiger partial charge on any atom is 0.355 e. The minimum Gasteiger partial charge on any atom is -0.456 e. The third-order valence-corrected chi connectivity index (χ3v) is 8.87. The number of ketones is 1. The number of carbonyl (C=O) groups excluding carboxylic acids is 4. The molecule has 0 radical (unpaired) electrons. The number of β-lactam (4-membered cyclic amide) rings is 1. The van der Waals surface area contributed by atoms with Gasteiger partial charge in [-0.1, -0.05) is 6.92 Å². The number of aromatic nitrogens is 3. The first-order valence-corrected chi connectivity index (χ1v) is 14.0. The van der Waals surface area contributed by atoms with E-state index in [4.69, 9.17) is 4.74 Å². The van der Waals surface area contributed by atoms with Gasteiger partial charge in [0.1, 0.15) is 22.8 Å². The summed E-state index contributed by atoms with van der Waals surface area (Å²) in [5.41, 5.74) is 1.20. The Morgan fingerprint density at radius 3 is 2.63 bits per heavy atom. The van der Waals surface area contributed by atoms with Crippen LogP contribution in [0.2, 0.25) is 0 Å². The fourth-order valence-electron chi connectivity index (χ4n) is 5.71. The van der Waals surface area contributed by atoms with Crippen LogP contribution in [-0.2, 0) is 20.9 Å². The van der Waals surface area contributed by atoms with E-state index in [-0.39, 0.29) is 35.1 Å². The van der Waals surface area contributed by atoms with Crippen LogP contribution >= 0.6 is 11.3 Å². The summed E-state index contributed by atoms with van der Waals surface area (Å²) in [6.07, 6.45) is 4.09. The van der Waals surface area contributed by atoms with Gasteiger partial charge in [-0.25, -0.2) is 9.78 Å². The Morgan fingerprint density at radius 1 is 1.26 bits per heavy atom. The largest absolute Gasteiger partial charge is 0.456 e. The Bertz CT molecular complexity index is 1840. The molecule has 1 aromatic carbocycles. The highest BCUT2D eigenvalue weighted by Crippen LogP contribution is 2.52. The van der Waals surface area contributed by atoms with Gasteiger partial charge in [0.05, 0.1) is 27.9 Å². The molecule has 1 fully saturated rings. The first kappa shape index (κ1) is 28.1. The van der Waals surface area contributed by atoms with Gasteiger partial charge >= 0.3 is 5.97 Å². The molecule has 43 heavy (non-hydrogen) atoms. The monoisotopic (exact) mass is 601 g/mol. The Morgan fingerprint density at radius 2 is 2.00 bits per heavy atom. The molecule has 0 unspecified atom stereocenters. The molecule has 1 amide bonds. The summed E-state index contributed by atoms with van der Waals surface area (Å²) >= 11 is 1.14. The topological polar surface area (TPSA) is 174 Å². The van der Waals surface area contributed by atoms with E-state index in [0.717, 1.165) is 11.3 Å². The van der Waals surface area contributed by atoms with E-state index in [2.05, 4.69) is 9.97 Å². The zero-order valence-corrected chi connectivity index (χ0v) is 23.6. The van der Waals surface area contributed by atoms with Crippen molar-refractivity contribution >= 4 is 51.4 Å². The molecule has 2 aliphatic rings. The molecule has 3 aromatic heterocycles. The van der Waals surface area contributed by atoms with E-state index < -0.39 is 46.6 Å². The number of amides is 1. The molecule has 4 aromatic rings. The van der Waals surface area contributed by atoms with Crippen LogP contribution in [0.25, 0.3) is 10.4 Å². The van der Waals surface area contributed by atoms with Gasteiger partial charge in [0.15, 0.2) is 12.1 Å². The van der Waals surface area contributed by atoms with Gasteiger partial charge in [-0.05, 0) is 36.8 Å². The zero-order chi connectivity index (χ0) is 30.6. The number of pyridine rings is 1. The van der Waals surface area contributed by atoms with Crippen molar-refractivity contribution in [3.8, 4) is 0 Å². The number of nitro groups is 1. The van der Waals surface area contributed by atoms with E-state index in [1.807, 2.05) is 6.92 Å².